The van der Waals surface area contributed by atoms with Crippen LogP contribution >= 0.6 is 11.6 Å². The van der Waals surface area contributed by atoms with Crippen LogP contribution in [0, 0.1) is 5.95 Å². The van der Waals surface area contributed by atoms with Crippen LogP contribution < -0.4 is 5.69 Å². The van der Waals surface area contributed by atoms with Gasteiger partial charge in [0.1, 0.15) is 0 Å². The summed E-state index contributed by atoms with van der Waals surface area (Å²) >= 11 is 6.27. The van der Waals surface area contributed by atoms with Gasteiger partial charge in [-0.05, 0) is 23.8 Å². The maximum absolute atomic E-state index is 12.9. The third kappa shape index (κ3) is 2.57. The average molecular weight is 341 g/mol. The van der Waals surface area contributed by atoms with Crippen LogP contribution in [0.25, 0.3) is 33.5 Å². The Bertz CT molecular complexity index is 1080. The van der Waals surface area contributed by atoms with E-state index < -0.39 is 5.95 Å². The van der Waals surface area contributed by atoms with Gasteiger partial charge in [0, 0.05) is 17.3 Å². The molecule has 0 saturated carbocycles. The van der Waals surface area contributed by atoms with Crippen molar-refractivity contribution in [3.63, 3.8) is 0 Å². The number of rotatable bonds is 2. The van der Waals surface area contributed by atoms with E-state index in [1.807, 2.05) is 24.3 Å². The molecule has 1 aromatic carbocycles. The van der Waals surface area contributed by atoms with Gasteiger partial charge < -0.3 is 4.98 Å². The largest absolute Gasteiger partial charge is 0.325 e. The fraction of sp³-hybridized carbons (Fsp3) is 0. The normalized spacial score (nSPS) is 11.1. The van der Waals surface area contributed by atoms with E-state index in [-0.39, 0.29) is 5.69 Å². The van der Waals surface area contributed by atoms with Crippen LogP contribution in [0.15, 0.2) is 53.5 Å². The van der Waals surface area contributed by atoms with E-state index >= 15 is 0 Å². The van der Waals surface area contributed by atoms with Gasteiger partial charge in [0.05, 0.1) is 16.2 Å². The molecular weight excluding hydrogens is 331 g/mol. The van der Waals surface area contributed by atoms with Crippen molar-refractivity contribution in [3.05, 3.63) is 70.1 Å². The zero-order valence-corrected chi connectivity index (χ0v) is 12.9. The van der Waals surface area contributed by atoms with E-state index in [0.29, 0.717) is 21.9 Å². The van der Waals surface area contributed by atoms with Crippen molar-refractivity contribution in [2.24, 2.45) is 0 Å². The number of aromatic amines is 2. The minimum atomic E-state index is -0.514. The standard InChI is InChI=1S/C17H10ClFN4O/c18-12-7-13-16(23-17(24)21-13)22-15(12)10-3-1-9(2-4-10)11-5-6-14(19)20-8-11/h1-8H,(H2,21,22,23,24). The second-order valence-corrected chi connectivity index (χ2v) is 5.65. The monoisotopic (exact) mass is 340 g/mol. The Morgan fingerprint density at radius 2 is 1.67 bits per heavy atom. The van der Waals surface area contributed by atoms with Crippen molar-refractivity contribution in [1.82, 2.24) is 19.9 Å². The summed E-state index contributed by atoms with van der Waals surface area (Å²) in [5.41, 5.74) is 3.77. The van der Waals surface area contributed by atoms with Crippen molar-refractivity contribution in [1.29, 1.82) is 0 Å². The first-order chi connectivity index (χ1) is 11.6. The van der Waals surface area contributed by atoms with Crippen molar-refractivity contribution < 1.29 is 4.39 Å². The first-order valence-electron chi connectivity index (χ1n) is 7.11. The van der Waals surface area contributed by atoms with Gasteiger partial charge in [0.25, 0.3) is 0 Å². The Morgan fingerprint density at radius 3 is 2.38 bits per heavy atom. The molecule has 4 aromatic rings. The summed E-state index contributed by atoms with van der Waals surface area (Å²) in [5.74, 6) is -0.514. The SMILES string of the molecule is O=c1[nH]c2cc(Cl)c(-c3ccc(-c4ccc(F)nc4)cc3)nc2[nH]1. The van der Waals surface area contributed by atoms with E-state index in [0.717, 1.165) is 16.7 Å². The van der Waals surface area contributed by atoms with Crippen LogP contribution in [-0.4, -0.2) is 19.9 Å². The summed E-state index contributed by atoms with van der Waals surface area (Å²) in [6, 6.07) is 12.1. The van der Waals surface area contributed by atoms with E-state index in [1.54, 1.807) is 12.1 Å². The molecule has 3 aromatic heterocycles. The molecule has 0 amide bonds. The Labute approximate surface area is 140 Å². The lowest BCUT2D eigenvalue weighted by Gasteiger charge is -2.06. The molecule has 0 aliphatic heterocycles. The van der Waals surface area contributed by atoms with Crippen LogP contribution in [0.4, 0.5) is 4.39 Å². The molecule has 7 heteroatoms. The van der Waals surface area contributed by atoms with Crippen LogP contribution in [0.3, 0.4) is 0 Å². The Balaban J connectivity index is 1.76. The summed E-state index contributed by atoms with van der Waals surface area (Å²) in [5, 5.41) is 0.439. The fourth-order valence-corrected chi connectivity index (χ4v) is 2.77. The van der Waals surface area contributed by atoms with Gasteiger partial charge in [0.2, 0.25) is 5.95 Å². The Morgan fingerprint density at radius 1 is 0.958 bits per heavy atom. The van der Waals surface area contributed by atoms with Gasteiger partial charge in [-0.3, -0.25) is 4.98 Å². The highest BCUT2D eigenvalue weighted by Crippen LogP contribution is 2.29. The van der Waals surface area contributed by atoms with Crippen molar-refractivity contribution in [2.45, 2.75) is 0 Å². The van der Waals surface area contributed by atoms with Crippen molar-refractivity contribution in [2.75, 3.05) is 0 Å². The van der Waals surface area contributed by atoms with E-state index in [2.05, 4.69) is 19.9 Å². The number of imidazole rings is 1. The van der Waals surface area contributed by atoms with Crippen LogP contribution in [0.2, 0.25) is 5.02 Å². The molecule has 0 atom stereocenters. The second-order valence-electron chi connectivity index (χ2n) is 5.24. The molecule has 0 aliphatic carbocycles. The molecule has 0 saturated heterocycles. The summed E-state index contributed by atoms with van der Waals surface area (Å²) in [4.78, 5) is 24.6. The van der Waals surface area contributed by atoms with Crippen LogP contribution in [-0.2, 0) is 0 Å². The van der Waals surface area contributed by atoms with Crippen LogP contribution in [0.5, 0.6) is 0 Å². The molecule has 0 spiro atoms. The fourth-order valence-electron chi connectivity index (χ4n) is 2.51. The van der Waals surface area contributed by atoms with E-state index in [4.69, 9.17) is 11.6 Å². The van der Waals surface area contributed by atoms with Gasteiger partial charge in [0.15, 0.2) is 5.65 Å². The summed E-state index contributed by atoms with van der Waals surface area (Å²) < 4.78 is 12.9. The lowest BCUT2D eigenvalue weighted by atomic mass is 10.0. The molecule has 0 unspecified atom stereocenters. The number of aromatic nitrogens is 4. The number of hydrogen-bond acceptors (Lipinski definition) is 3. The second kappa shape index (κ2) is 5.58. The molecule has 24 heavy (non-hydrogen) atoms. The molecule has 0 radical (unpaired) electrons. The molecule has 0 bridgehead atoms. The number of hydrogen-bond donors (Lipinski definition) is 2. The molecule has 118 valence electrons. The predicted octanol–water partition coefficient (Wildman–Crippen LogP) is 3.77. The first-order valence-corrected chi connectivity index (χ1v) is 7.49. The molecule has 0 aliphatic rings. The van der Waals surface area contributed by atoms with Gasteiger partial charge >= 0.3 is 5.69 Å². The summed E-state index contributed by atoms with van der Waals surface area (Å²) in [6.45, 7) is 0. The highest BCUT2D eigenvalue weighted by atomic mass is 35.5. The smallest absolute Gasteiger partial charge is 0.304 e. The minimum Gasteiger partial charge on any atom is -0.304 e. The molecule has 4 rings (SSSR count). The molecule has 3 heterocycles. The molecule has 5 nitrogen and oxygen atoms in total. The highest BCUT2D eigenvalue weighted by Gasteiger charge is 2.10. The summed E-state index contributed by atoms with van der Waals surface area (Å²) in [7, 11) is 0. The third-order valence-electron chi connectivity index (χ3n) is 3.68. The van der Waals surface area contributed by atoms with Gasteiger partial charge in [-0.25, -0.2) is 14.8 Å². The number of benzene rings is 1. The first kappa shape index (κ1) is 14.6. The van der Waals surface area contributed by atoms with Crippen molar-refractivity contribution >= 4 is 22.8 Å². The van der Waals surface area contributed by atoms with E-state index in [1.165, 1.54) is 12.3 Å². The summed E-state index contributed by atoms with van der Waals surface area (Å²) in [6.07, 6.45) is 1.48. The van der Waals surface area contributed by atoms with Gasteiger partial charge in [-0.2, -0.15) is 4.39 Å². The van der Waals surface area contributed by atoms with Crippen molar-refractivity contribution in [3.8, 4) is 22.4 Å². The van der Waals surface area contributed by atoms with E-state index in [9.17, 15) is 9.18 Å². The zero-order valence-electron chi connectivity index (χ0n) is 12.2. The quantitative estimate of drug-likeness (QED) is 0.545. The van der Waals surface area contributed by atoms with Gasteiger partial charge in [-0.15, -0.1) is 0 Å². The zero-order chi connectivity index (χ0) is 16.7. The number of nitrogens with zero attached hydrogens (tertiary/aromatic N) is 2. The lowest BCUT2D eigenvalue weighted by Crippen LogP contribution is -1.99. The number of pyridine rings is 2. The lowest BCUT2D eigenvalue weighted by molar-refractivity contribution is 0.584. The number of halogens is 2. The maximum atomic E-state index is 12.9. The molecule has 2 N–H and O–H groups in total. The number of nitrogens with one attached hydrogen (secondary N) is 2. The third-order valence-corrected chi connectivity index (χ3v) is 3.96. The maximum Gasteiger partial charge on any atom is 0.325 e. The average Bonchev–Trinajstić information content (AvgIpc) is 2.94. The van der Waals surface area contributed by atoms with Gasteiger partial charge in [-0.1, -0.05) is 35.9 Å². The Hall–Kier alpha value is -2.99. The number of H-pyrrole nitrogens is 2. The molecule has 0 fully saturated rings. The molecular formula is C17H10ClFN4O. The highest BCUT2D eigenvalue weighted by molar-refractivity contribution is 6.33. The predicted molar refractivity (Wildman–Crippen MR) is 90.3 cm³/mol. The Kier molecular flexibility index (Phi) is 3.39. The topological polar surface area (TPSA) is 74.4 Å². The van der Waals surface area contributed by atoms with Crippen LogP contribution in [0.1, 0.15) is 0 Å². The minimum absolute atomic E-state index is 0.329. The number of fused-ring (bicyclic) bond motifs is 1.